The van der Waals surface area contributed by atoms with Gasteiger partial charge in [0.25, 0.3) is 0 Å². The molecule has 0 N–H and O–H groups in total. The molecule has 0 amide bonds. The number of carbonyl (C=O) groups excluding carboxylic acids is 3. The van der Waals surface area contributed by atoms with E-state index in [0.717, 1.165) is 0 Å². The van der Waals surface area contributed by atoms with E-state index in [1.54, 1.807) is 6.92 Å². The van der Waals surface area contributed by atoms with Crippen LogP contribution in [0.3, 0.4) is 0 Å². The van der Waals surface area contributed by atoms with Gasteiger partial charge in [-0.05, 0) is 6.92 Å². The molecule has 0 spiro atoms. The maximum Gasteiger partial charge on any atom is 0.303 e. The SMILES string of the molecule is C#C.C=C.CC.CC(=O)OCC(CC1OC(C)(C#N)CC(OC(C)=O)C1C)OC(C)=O. The van der Waals surface area contributed by atoms with Crippen molar-refractivity contribution in [2.75, 3.05) is 6.61 Å². The van der Waals surface area contributed by atoms with Crippen LogP contribution in [0.2, 0.25) is 0 Å². The van der Waals surface area contributed by atoms with Gasteiger partial charge in [0, 0.05) is 39.5 Å². The molecule has 0 aromatic carbocycles. The summed E-state index contributed by atoms with van der Waals surface area (Å²) in [6.45, 7) is 17.2. The Morgan fingerprint density at radius 2 is 1.68 bits per heavy atom. The Hall–Kier alpha value is -2.84. The lowest BCUT2D eigenvalue weighted by atomic mass is 9.83. The highest BCUT2D eigenvalue weighted by Gasteiger charge is 2.45. The van der Waals surface area contributed by atoms with Crippen LogP contribution in [0.25, 0.3) is 0 Å². The van der Waals surface area contributed by atoms with Gasteiger partial charge in [0.05, 0.1) is 12.2 Å². The van der Waals surface area contributed by atoms with E-state index in [-0.39, 0.29) is 25.4 Å². The van der Waals surface area contributed by atoms with Gasteiger partial charge < -0.3 is 18.9 Å². The van der Waals surface area contributed by atoms with Gasteiger partial charge in [0.15, 0.2) is 5.60 Å². The summed E-state index contributed by atoms with van der Waals surface area (Å²) in [5, 5.41) is 9.39. The summed E-state index contributed by atoms with van der Waals surface area (Å²) >= 11 is 0. The Kier molecular flexibility index (Phi) is 19.0. The lowest BCUT2D eigenvalue weighted by molar-refractivity contribution is -0.192. The summed E-state index contributed by atoms with van der Waals surface area (Å²) in [5.41, 5.74) is -1.13. The second-order valence-corrected chi connectivity index (χ2v) is 6.48. The van der Waals surface area contributed by atoms with Crippen LogP contribution in [-0.4, -0.2) is 48.4 Å². The zero-order chi connectivity index (χ0) is 25.2. The van der Waals surface area contributed by atoms with E-state index in [4.69, 9.17) is 18.9 Å². The standard InChI is InChI=1S/C17H25NO7.C2H6.C2H4.C2H2/c1-10-15(6-14(23-12(3)20)8-22-11(2)19)25-17(5,9-18)7-16(10)24-13(4)21;3*1-2/h10,14-16H,6-8H2,1-5H3;1-2H3;1-2H2;1-2H. The Balaban J connectivity index is -0.00000120. The minimum absolute atomic E-state index is 0.108. The van der Waals surface area contributed by atoms with Crippen molar-refractivity contribution >= 4 is 17.9 Å². The molecule has 0 aliphatic carbocycles. The Labute approximate surface area is 186 Å². The third-order valence-electron chi connectivity index (χ3n) is 4.03. The molecular weight excluding hydrogens is 402 g/mol. The molecule has 0 radical (unpaired) electrons. The number of carbonyl (C=O) groups is 3. The summed E-state index contributed by atoms with van der Waals surface area (Å²) in [4.78, 5) is 33.6. The van der Waals surface area contributed by atoms with Gasteiger partial charge in [-0.3, -0.25) is 14.4 Å². The van der Waals surface area contributed by atoms with E-state index >= 15 is 0 Å². The summed E-state index contributed by atoms with van der Waals surface area (Å²) in [5.74, 6) is -1.66. The first kappa shape index (κ1) is 32.8. The van der Waals surface area contributed by atoms with Gasteiger partial charge in [-0.1, -0.05) is 20.8 Å². The van der Waals surface area contributed by atoms with Crippen molar-refractivity contribution in [1.29, 1.82) is 5.26 Å². The number of nitrogens with zero attached hydrogens (tertiary/aromatic N) is 1. The number of terminal acetylenes is 1. The van der Waals surface area contributed by atoms with Crippen molar-refractivity contribution in [2.24, 2.45) is 5.92 Å². The molecule has 31 heavy (non-hydrogen) atoms. The first-order valence-electron chi connectivity index (χ1n) is 9.96. The van der Waals surface area contributed by atoms with Gasteiger partial charge in [0.1, 0.15) is 18.8 Å². The van der Waals surface area contributed by atoms with Crippen LogP contribution < -0.4 is 0 Å². The first-order valence-corrected chi connectivity index (χ1v) is 9.96. The molecule has 1 heterocycles. The van der Waals surface area contributed by atoms with Crippen molar-refractivity contribution in [3.05, 3.63) is 13.2 Å². The quantitative estimate of drug-likeness (QED) is 0.267. The average Bonchev–Trinajstić information content (AvgIpc) is 2.73. The van der Waals surface area contributed by atoms with Crippen LogP contribution in [0, 0.1) is 30.1 Å². The second kappa shape index (κ2) is 18.0. The van der Waals surface area contributed by atoms with Crippen LogP contribution in [0.4, 0.5) is 0 Å². The first-order chi connectivity index (χ1) is 14.6. The predicted molar refractivity (Wildman–Crippen MR) is 118 cm³/mol. The highest BCUT2D eigenvalue weighted by atomic mass is 16.6. The fraction of sp³-hybridized carbons (Fsp3) is 0.652. The number of esters is 3. The van der Waals surface area contributed by atoms with Crippen LogP contribution in [-0.2, 0) is 33.3 Å². The summed E-state index contributed by atoms with van der Waals surface area (Å²) in [7, 11) is 0. The van der Waals surface area contributed by atoms with E-state index in [1.807, 2.05) is 20.8 Å². The molecule has 8 nitrogen and oxygen atoms in total. The molecule has 1 rings (SSSR count). The molecule has 0 aromatic rings. The minimum atomic E-state index is -1.13. The van der Waals surface area contributed by atoms with E-state index in [0.29, 0.717) is 0 Å². The van der Waals surface area contributed by atoms with E-state index in [1.165, 1.54) is 20.8 Å². The molecule has 5 unspecified atom stereocenters. The summed E-state index contributed by atoms with van der Waals surface area (Å²) < 4.78 is 21.3. The number of hydrogen-bond donors (Lipinski definition) is 0. The normalized spacial score (nSPS) is 24.5. The molecule has 1 saturated heterocycles. The third-order valence-corrected chi connectivity index (χ3v) is 4.03. The predicted octanol–water partition coefficient (Wildman–Crippen LogP) is 3.59. The van der Waals surface area contributed by atoms with Crippen LogP contribution in [0.5, 0.6) is 0 Å². The molecule has 5 atom stereocenters. The van der Waals surface area contributed by atoms with E-state index < -0.39 is 41.8 Å². The number of hydrogen-bond acceptors (Lipinski definition) is 8. The number of ether oxygens (including phenoxy) is 4. The molecule has 0 bridgehead atoms. The van der Waals surface area contributed by atoms with Gasteiger partial charge in [-0.2, -0.15) is 5.26 Å². The lowest BCUT2D eigenvalue weighted by Gasteiger charge is -2.43. The molecule has 1 fully saturated rings. The molecule has 0 saturated carbocycles. The Morgan fingerprint density at radius 1 is 1.16 bits per heavy atom. The molecule has 8 heteroatoms. The zero-order valence-corrected chi connectivity index (χ0v) is 19.8. The molecular formula is C23H37NO7. The fourth-order valence-electron chi connectivity index (χ4n) is 2.85. The van der Waals surface area contributed by atoms with Crippen LogP contribution in [0.15, 0.2) is 13.2 Å². The van der Waals surface area contributed by atoms with Crippen molar-refractivity contribution in [3.8, 4) is 18.9 Å². The lowest BCUT2D eigenvalue weighted by Crippen LogP contribution is -2.51. The van der Waals surface area contributed by atoms with Gasteiger partial charge in [0.2, 0.25) is 0 Å². The monoisotopic (exact) mass is 439 g/mol. The molecule has 1 aliphatic rings. The number of nitriles is 1. The zero-order valence-electron chi connectivity index (χ0n) is 19.8. The molecule has 1 aliphatic heterocycles. The second-order valence-electron chi connectivity index (χ2n) is 6.48. The van der Waals surface area contributed by atoms with Gasteiger partial charge in [-0.25, -0.2) is 0 Å². The van der Waals surface area contributed by atoms with Gasteiger partial charge in [-0.15, -0.1) is 26.0 Å². The fourth-order valence-corrected chi connectivity index (χ4v) is 2.85. The highest BCUT2D eigenvalue weighted by molar-refractivity contribution is 5.67. The molecule has 0 aromatic heterocycles. The van der Waals surface area contributed by atoms with E-state index in [9.17, 15) is 19.6 Å². The van der Waals surface area contributed by atoms with Crippen molar-refractivity contribution in [3.63, 3.8) is 0 Å². The largest absolute Gasteiger partial charge is 0.462 e. The summed E-state index contributed by atoms with van der Waals surface area (Å²) in [6.07, 6.45) is 6.74. The molecule has 176 valence electrons. The Bertz CT molecular complexity index is 611. The maximum absolute atomic E-state index is 11.3. The van der Waals surface area contributed by atoms with E-state index in [2.05, 4.69) is 32.1 Å². The maximum atomic E-state index is 11.3. The number of rotatable bonds is 6. The highest BCUT2D eigenvalue weighted by Crippen LogP contribution is 2.36. The van der Waals surface area contributed by atoms with Crippen LogP contribution >= 0.6 is 0 Å². The smallest absolute Gasteiger partial charge is 0.303 e. The minimum Gasteiger partial charge on any atom is -0.462 e. The van der Waals surface area contributed by atoms with Gasteiger partial charge >= 0.3 is 17.9 Å². The van der Waals surface area contributed by atoms with Crippen molar-refractivity contribution < 1.29 is 33.3 Å². The van der Waals surface area contributed by atoms with Crippen LogP contribution in [0.1, 0.15) is 61.3 Å². The topological polar surface area (TPSA) is 112 Å². The third kappa shape index (κ3) is 13.9. The summed E-state index contributed by atoms with van der Waals surface area (Å²) in [6, 6.07) is 2.09. The van der Waals surface area contributed by atoms with Crippen molar-refractivity contribution in [2.45, 2.75) is 85.2 Å². The Morgan fingerprint density at radius 3 is 2.06 bits per heavy atom. The van der Waals surface area contributed by atoms with Crippen molar-refractivity contribution in [1.82, 2.24) is 0 Å². The average molecular weight is 440 g/mol.